The van der Waals surface area contributed by atoms with Gasteiger partial charge in [0.2, 0.25) is 0 Å². The first-order chi connectivity index (χ1) is 4.86. The maximum absolute atomic E-state index is 4.28. The first-order valence-corrected chi connectivity index (χ1v) is 4.56. The Bertz CT molecular complexity index is 322. The van der Waals surface area contributed by atoms with Crippen molar-refractivity contribution in [2.45, 2.75) is 0 Å². The van der Waals surface area contributed by atoms with E-state index >= 15 is 0 Å². The van der Waals surface area contributed by atoms with Crippen LogP contribution >= 0.6 is 11.3 Å². The minimum atomic E-state index is 1.02. The summed E-state index contributed by atoms with van der Waals surface area (Å²) in [5.41, 5.74) is 1.08. The first-order valence-electron chi connectivity index (χ1n) is 2.89. The molecule has 0 aliphatic heterocycles. The molecule has 49 valence electrons. The van der Waals surface area contributed by atoms with Crippen molar-refractivity contribution in [1.29, 1.82) is 0 Å². The number of thiazole rings is 1. The fourth-order valence-corrected chi connectivity index (χ4v) is 2.32. The second kappa shape index (κ2) is 2.35. The zero-order valence-electron chi connectivity index (χ0n) is 5.07. The van der Waals surface area contributed by atoms with Gasteiger partial charge in [0.15, 0.2) is 0 Å². The minimum absolute atomic E-state index is 1.02. The molecular weight excluding hydrogens is 209 g/mol. The van der Waals surface area contributed by atoms with Gasteiger partial charge in [0.25, 0.3) is 0 Å². The Labute approximate surface area is 70.9 Å². The Morgan fingerprint density at radius 1 is 1.30 bits per heavy atom. The molecule has 0 atom stereocenters. The van der Waals surface area contributed by atoms with Gasteiger partial charge in [-0.2, -0.15) is 0 Å². The summed E-state index contributed by atoms with van der Waals surface area (Å²) < 4.78 is 2.26. The van der Waals surface area contributed by atoms with Gasteiger partial charge in [-0.15, -0.1) is 0 Å². The van der Waals surface area contributed by atoms with Gasteiger partial charge in [0.05, 0.1) is 0 Å². The third kappa shape index (κ3) is 0.966. The average molecular weight is 213 g/mol. The number of hydrogen-bond donors (Lipinski definition) is 0. The number of aromatic nitrogens is 1. The molecule has 1 aromatic heterocycles. The first kappa shape index (κ1) is 6.35. The summed E-state index contributed by atoms with van der Waals surface area (Å²) in [5.74, 6) is 0. The van der Waals surface area contributed by atoms with Crippen molar-refractivity contribution >= 4 is 41.5 Å². The average Bonchev–Trinajstić information content (AvgIpc) is 2.27. The molecule has 0 amide bonds. The Hall–Kier alpha value is -0.371. The summed E-state index contributed by atoms with van der Waals surface area (Å²) in [7, 11) is 0. The maximum atomic E-state index is 4.28. The molecule has 1 nitrogen and oxygen atoms in total. The van der Waals surface area contributed by atoms with E-state index in [0.717, 1.165) is 9.42 Å². The van der Waals surface area contributed by atoms with E-state index in [-0.39, 0.29) is 0 Å². The van der Waals surface area contributed by atoms with Crippen LogP contribution in [0.25, 0.3) is 10.2 Å². The molecule has 1 aromatic carbocycles. The van der Waals surface area contributed by atoms with Gasteiger partial charge in [0, 0.05) is 0 Å². The number of benzene rings is 1. The van der Waals surface area contributed by atoms with Crippen LogP contribution in [0, 0.1) is 0 Å². The number of rotatable bonds is 0. The molecule has 0 N–H and O–H groups in total. The fraction of sp³-hybridized carbons (Fsp3) is 0. The number of nitrogens with zero attached hydrogens (tertiary/aromatic N) is 1. The summed E-state index contributed by atoms with van der Waals surface area (Å²) in [6, 6.07) is 8.13. The molecular formula is C7H4NSSe. The Morgan fingerprint density at radius 2 is 2.10 bits per heavy atom. The van der Waals surface area contributed by atoms with E-state index in [9.17, 15) is 0 Å². The molecule has 3 heteroatoms. The van der Waals surface area contributed by atoms with Gasteiger partial charge in [-0.25, -0.2) is 0 Å². The molecule has 0 fully saturated rings. The van der Waals surface area contributed by atoms with E-state index in [0.29, 0.717) is 0 Å². The molecule has 1 heterocycles. The van der Waals surface area contributed by atoms with Gasteiger partial charge in [-0.3, -0.25) is 0 Å². The van der Waals surface area contributed by atoms with Gasteiger partial charge in [-0.05, 0) is 0 Å². The van der Waals surface area contributed by atoms with Gasteiger partial charge in [0.1, 0.15) is 0 Å². The van der Waals surface area contributed by atoms with Crippen molar-refractivity contribution in [2.24, 2.45) is 0 Å². The van der Waals surface area contributed by atoms with Gasteiger partial charge < -0.3 is 0 Å². The molecule has 0 saturated heterocycles. The monoisotopic (exact) mass is 214 g/mol. The number of hydrogen-bond acceptors (Lipinski definition) is 2. The van der Waals surface area contributed by atoms with E-state index in [2.05, 4.69) is 27.1 Å². The third-order valence-electron chi connectivity index (χ3n) is 1.27. The van der Waals surface area contributed by atoms with Crippen LogP contribution in [0.2, 0.25) is 0 Å². The van der Waals surface area contributed by atoms with E-state index in [4.69, 9.17) is 0 Å². The molecule has 0 saturated carbocycles. The molecule has 0 unspecified atom stereocenters. The zero-order chi connectivity index (χ0) is 6.97. The molecule has 2 aromatic rings. The predicted octanol–water partition coefficient (Wildman–Crippen LogP) is 1.09. The second-order valence-electron chi connectivity index (χ2n) is 1.95. The van der Waals surface area contributed by atoms with E-state index in [1.54, 1.807) is 11.3 Å². The van der Waals surface area contributed by atoms with E-state index in [1.807, 2.05) is 18.2 Å². The Kier molecular flexibility index (Phi) is 1.49. The topological polar surface area (TPSA) is 12.9 Å². The van der Waals surface area contributed by atoms with Crippen molar-refractivity contribution in [2.75, 3.05) is 0 Å². The number of fused-ring (bicyclic) bond motifs is 1. The molecule has 0 aliphatic rings. The molecule has 0 aliphatic carbocycles. The molecule has 0 bridgehead atoms. The van der Waals surface area contributed by atoms with E-state index in [1.165, 1.54) is 4.70 Å². The predicted molar refractivity (Wildman–Crippen MR) is 45.0 cm³/mol. The van der Waals surface area contributed by atoms with Crippen LogP contribution in [0.3, 0.4) is 0 Å². The summed E-state index contributed by atoms with van der Waals surface area (Å²) >= 11 is 4.58. The zero-order valence-corrected chi connectivity index (χ0v) is 7.60. The SMILES string of the molecule is [Se]c1nc2ccccc2s1. The van der Waals surface area contributed by atoms with Crippen molar-refractivity contribution in [3.63, 3.8) is 0 Å². The normalized spacial score (nSPS) is 10.4. The second-order valence-corrected chi connectivity index (χ2v) is 4.37. The van der Waals surface area contributed by atoms with Crippen LogP contribution in [0.15, 0.2) is 24.3 Å². The standard InChI is InChI=1S/C7H4NSSe/c10-7-8-5-3-1-2-4-6(5)9-7/h1-4H. The van der Waals surface area contributed by atoms with Crippen molar-refractivity contribution in [3.8, 4) is 0 Å². The summed E-state index contributed by atoms with van der Waals surface area (Å²) in [6.07, 6.45) is 0. The van der Waals surface area contributed by atoms with Crippen LogP contribution in [0.5, 0.6) is 0 Å². The summed E-state index contributed by atoms with van der Waals surface area (Å²) in [4.78, 5) is 4.28. The molecule has 1 radical (unpaired) electrons. The fourth-order valence-electron chi connectivity index (χ4n) is 0.851. The summed E-state index contributed by atoms with van der Waals surface area (Å²) in [5, 5.41) is 0. The quantitative estimate of drug-likeness (QED) is 0.597. The van der Waals surface area contributed by atoms with Gasteiger partial charge in [-0.1, -0.05) is 0 Å². The van der Waals surface area contributed by atoms with E-state index < -0.39 is 0 Å². The molecule has 0 spiro atoms. The van der Waals surface area contributed by atoms with Crippen LogP contribution in [-0.4, -0.2) is 21.0 Å². The van der Waals surface area contributed by atoms with Crippen LogP contribution < -0.4 is 3.91 Å². The number of para-hydroxylation sites is 1. The van der Waals surface area contributed by atoms with Gasteiger partial charge >= 0.3 is 70.7 Å². The Balaban J connectivity index is 2.88. The van der Waals surface area contributed by atoms with Crippen molar-refractivity contribution in [3.05, 3.63) is 24.3 Å². The molecule has 10 heavy (non-hydrogen) atoms. The van der Waals surface area contributed by atoms with Crippen LogP contribution in [0.4, 0.5) is 0 Å². The summed E-state index contributed by atoms with van der Waals surface area (Å²) in [6.45, 7) is 0. The third-order valence-corrected chi connectivity index (χ3v) is 2.82. The van der Waals surface area contributed by atoms with Crippen LogP contribution in [-0.2, 0) is 0 Å². The van der Waals surface area contributed by atoms with Crippen LogP contribution in [0.1, 0.15) is 0 Å². The Morgan fingerprint density at radius 3 is 2.90 bits per heavy atom. The molecule has 2 rings (SSSR count). The van der Waals surface area contributed by atoms with Crippen molar-refractivity contribution in [1.82, 2.24) is 4.98 Å². The van der Waals surface area contributed by atoms with Crippen molar-refractivity contribution < 1.29 is 0 Å².